The molecule has 1 aromatic rings. The van der Waals surface area contributed by atoms with Crippen LogP contribution in [0, 0.1) is 0 Å². The molecule has 7 heteroatoms. The summed E-state index contributed by atoms with van der Waals surface area (Å²) in [6, 6.07) is 4.05. The van der Waals surface area contributed by atoms with E-state index in [0.29, 0.717) is 0 Å². The Hall–Kier alpha value is -2.57. The van der Waals surface area contributed by atoms with E-state index in [-0.39, 0.29) is 16.9 Å². The van der Waals surface area contributed by atoms with Crippen molar-refractivity contribution in [2.45, 2.75) is 13.0 Å². The molecule has 0 saturated carbocycles. The summed E-state index contributed by atoms with van der Waals surface area (Å²) in [5, 5.41) is 18.2. The van der Waals surface area contributed by atoms with Crippen molar-refractivity contribution in [1.29, 1.82) is 0 Å². The highest BCUT2D eigenvalue weighted by atomic mass is 16.6. The fourth-order valence-corrected chi connectivity index (χ4v) is 1.58. The van der Waals surface area contributed by atoms with E-state index in [1.807, 2.05) is 0 Å². The predicted molar refractivity (Wildman–Crippen MR) is 62.1 cm³/mol. The minimum absolute atomic E-state index is 0.0107. The first-order chi connectivity index (χ1) is 8.88. The van der Waals surface area contributed by atoms with Crippen molar-refractivity contribution in [3.63, 3.8) is 0 Å². The van der Waals surface area contributed by atoms with E-state index >= 15 is 0 Å². The van der Waals surface area contributed by atoms with Gasteiger partial charge in [0.1, 0.15) is 11.3 Å². The molecule has 19 heavy (non-hydrogen) atoms. The molecular weight excluding hydrogens is 256 g/mol. The molecule has 0 spiro atoms. The van der Waals surface area contributed by atoms with Crippen molar-refractivity contribution in [2.24, 2.45) is 0 Å². The fourth-order valence-electron chi connectivity index (χ4n) is 1.58. The van der Waals surface area contributed by atoms with Crippen molar-refractivity contribution < 1.29 is 34.1 Å². The third-order valence-electron chi connectivity index (χ3n) is 2.28. The number of carboxylic acid groups (broad SMARTS) is 2. The molecule has 0 aliphatic carbocycles. The Kier molecular flexibility index (Phi) is 4.46. The SMILES string of the molecule is COc1cccc(C(OC(C)=O)C(=O)O)c1C(=O)O. The van der Waals surface area contributed by atoms with E-state index in [1.165, 1.54) is 25.3 Å². The Bertz CT molecular complexity index is 521. The first-order valence-corrected chi connectivity index (χ1v) is 5.18. The largest absolute Gasteiger partial charge is 0.496 e. The Labute approximate surface area is 108 Å². The Morgan fingerprint density at radius 3 is 2.26 bits per heavy atom. The molecule has 0 fully saturated rings. The number of hydrogen-bond donors (Lipinski definition) is 2. The van der Waals surface area contributed by atoms with Crippen LogP contribution >= 0.6 is 0 Å². The van der Waals surface area contributed by atoms with Gasteiger partial charge in [-0.25, -0.2) is 9.59 Å². The summed E-state index contributed by atoms with van der Waals surface area (Å²) >= 11 is 0. The van der Waals surface area contributed by atoms with Gasteiger partial charge in [0.05, 0.1) is 7.11 Å². The minimum atomic E-state index is -1.70. The number of aromatic carboxylic acids is 1. The highest BCUT2D eigenvalue weighted by molar-refractivity contribution is 5.95. The monoisotopic (exact) mass is 268 g/mol. The average Bonchev–Trinajstić information content (AvgIpc) is 2.34. The van der Waals surface area contributed by atoms with Gasteiger partial charge < -0.3 is 19.7 Å². The van der Waals surface area contributed by atoms with E-state index in [1.54, 1.807) is 0 Å². The lowest BCUT2D eigenvalue weighted by atomic mass is 10.0. The second-order valence-electron chi connectivity index (χ2n) is 3.56. The Morgan fingerprint density at radius 1 is 1.21 bits per heavy atom. The topological polar surface area (TPSA) is 110 Å². The number of ether oxygens (including phenoxy) is 2. The summed E-state index contributed by atoms with van der Waals surface area (Å²) in [5.74, 6) is -3.67. The van der Waals surface area contributed by atoms with Crippen LogP contribution in [0.1, 0.15) is 28.9 Å². The number of carbonyl (C=O) groups excluding carboxylic acids is 1. The second kappa shape index (κ2) is 5.85. The molecule has 1 unspecified atom stereocenters. The molecule has 0 bridgehead atoms. The van der Waals surface area contributed by atoms with Crippen LogP contribution in [-0.4, -0.2) is 35.2 Å². The van der Waals surface area contributed by atoms with E-state index in [4.69, 9.17) is 14.9 Å². The van der Waals surface area contributed by atoms with Crippen LogP contribution in [0.15, 0.2) is 18.2 Å². The van der Waals surface area contributed by atoms with Crippen LogP contribution in [0.5, 0.6) is 5.75 Å². The minimum Gasteiger partial charge on any atom is -0.496 e. The zero-order valence-electron chi connectivity index (χ0n) is 10.2. The van der Waals surface area contributed by atoms with Crippen molar-refractivity contribution in [2.75, 3.05) is 7.11 Å². The molecule has 1 atom stereocenters. The summed E-state index contributed by atoms with van der Waals surface area (Å²) in [4.78, 5) is 33.2. The fraction of sp³-hybridized carbons (Fsp3) is 0.250. The number of benzene rings is 1. The van der Waals surface area contributed by atoms with Crippen LogP contribution in [-0.2, 0) is 14.3 Å². The predicted octanol–water partition coefficient (Wildman–Crippen LogP) is 1.08. The normalized spacial score (nSPS) is 11.5. The lowest BCUT2D eigenvalue weighted by Crippen LogP contribution is -2.21. The van der Waals surface area contributed by atoms with Gasteiger partial charge in [-0.05, 0) is 6.07 Å². The van der Waals surface area contributed by atoms with Gasteiger partial charge in [0.15, 0.2) is 0 Å². The van der Waals surface area contributed by atoms with E-state index in [0.717, 1.165) is 6.92 Å². The van der Waals surface area contributed by atoms with Crippen LogP contribution in [0.3, 0.4) is 0 Å². The maximum atomic E-state index is 11.2. The molecule has 102 valence electrons. The molecule has 0 radical (unpaired) electrons. The zero-order chi connectivity index (χ0) is 14.6. The van der Waals surface area contributed by atoms with E-state index in [9.17, 15) is 14.4 Å². The summed E-state index contributed by atoms with van der Waals surface area (Å²) < 4.78 is 9.50. The van der Waals surface area contributed by atoms with Gasteiger partial charge in [0.2, 0.25) is 6.10 Å². The maximum Gasteiger partial charge on any atom is 0.349 e. The number of esters is 1. The second-order valence-corrected chi connectivity index (χ2v) is 3.56. The lowest BCUT2D eigenvalue weighted by molar-refractivity contribution is -0.163. The highest BCUT2D eigenvalue weighted by Crippen LogP contribution is 2.29. The highest BCUT2D eigenvalue weighted by Gasteiger charge is 2.30. The molecule has 0 amide bonds. The van der Waals surface area contributed by atoms with E-state index < -0.39 is 24.0 Å². The quantitative estimate of drug-likeness (QED) is 0.769. The van der Waals surface area contributed by atoms with Crippen LogP contribution in [0.2, 0.25) is 0 Å². The third-order valence-corrected chi connectivity index (χ3v) is 2.28. The van der Waals surface area contributed by atoms with E-state index in [2.05, 4.69) is 4.74 Å². The molecule has 0 saturated heterocycles. The summed E-state index contributed by atoms with van der Waals surface area (Å²) in [5.41, 5.74) is -0.506. The first-order valence-electron chi connectivity index (χ1n) is 5.18. The van der Waals surface area contributed by atoms with Crippen molar-refractivity contribution in [3.8, 4) is 5.75 Å². The number of hydrogen-bond acceptors (Lipinski definition) is 5. The van der Waals surface area contributed by atoms with Crippen molar-refractivity contribution >= 4 is 17.9 Å². The standard InChI is InChI=1S/C12H12O7/c1-6(13)19-10(12(16)17)7-4-3-5-8(18-2)9(7)11(14)15/h3-5,10H,1-2H3,(H,14,15)(H,16,17). The van der Waals surface area contributed by atoms with Gasteiger partial charge in [0, 0.05) is 12.5 Å². The van der Waals surface area contributed by atoms with Gasteiger partial charge in [-0.1, -0.05) is 12.1 Å². The molecular formula is C12H12O7. The Morgan fingerprint density at radius 2 is 1.84 bits per heavy atom. The number of rotatable bonds is 5. The smallest absolute Gasteiger partial charge is 0.349 e. The molecule has 0 aliphatic rings. The van der Waals surface area contributed by atoms with Crippen molar-refractivity contribution in [1.82, 2.24) is 0 Å². The molecule has 0 aliphatic heterocycles. The van der Waals surface area contributed by atoms with Gasteiger partial charge >= 0.3 is 17.9 Å². The van der Waals surface area contributed by atoms with Crippen LogP contribution in [0.4, 0.5) is 0 Å². The average molecular weight is 268 g/mol. The summed E-state index contributed by atoms with van der Waals surface area (Å²) in [7, 11) is 1.26. The molecule has 1 aromatic carbocycles. The van der Waals surface area contributed by atoms with Gasteiger partial charge in [-0.15, -0.1) is 0 Å². The number of methoxy groups -OCH3 is 1. The molecule has 0 heterocycles. The molecule has 2 N–H and O–H groups in total. The first kappa shape index (κ1) is 14.5. The molecule has 1 rings (SSSR count). The van der Waals surface area contributed by atoms with Gasteiger partial charge in [-0.3, -0.25) is 4.79 Å². The third kappa shape index (κ3) is 3.21. The Balaban J connectivity index is 3.41. The lowest BCUT2D eigenvalue weighted by Gasteiger charge is -2.16. The van der Waals surface area contributed by atoms with Crippen LogP contribution in [0.25, 0.3) is 0 Å². The maximum absolute atomic E-state index is 11.2. The zero-order valence-corrected chi connectivity index (χ0v) is 10.2. The van der Waals surface area contributed by atoms with Crippen LogP contribution < -0.4 is 4.74 Å². The molecule has 0 aromatic heterocycles. The number of carbonyl (C=O) groups is 3. The van der Waals surface area contributed by atoms with Gasteiger partial charge in [-0.2, -0.15) is 0 Å². The van der Waals surface area contributed by atoms with Gasteiger partial charge in [0.25, 0.3) is 0 Å². The number of carboxylic acids is 2. The molecule has 7 nitrogen and oxygen atoms in total. The summed E-state index contributed by atoms with van der Waals surface area (Å²) in [6.45, 7) is 1.04. The number of aliphatic carboxylic acids is 1. The van der Waals surface area contributed by atoms with Crippen molar-refractivity contribution in [3.05, 3.63) is 29.3 Å². The summed E-state index contributed by atoms with van der Waals surface area (Å²) in [6.07, 6.45) is -1.70.